The summed E-state index contributed by atoms with van der Waals surface area (Å²) in [7, 11) is 0. The van der Waals surface area contributed by atoms with E-state index in [0.717, 1.165) is 40.2 Å². The smallest absolute Gasteiger partial charge is 0.341 e. The molecule has 47 heavy (non-hydrogen) atoms. The molecule has 1 aliphatic carbocycles. The number of anilines is 2. The van der Waals surface area contributed by atoms with Crippen LogP contribution >= 0.6 is 23.1 Å². The second-order valence-electron chi connectivity index (χ2n) is 11.1. The largest absolute Gasteiger partial charge is 0.462 e. The van der Waals surface area contributed by atoms with E-state index in [4.69, 9.17) is 4.74 Å². The third-order valence-corrected chi connectivity index (χ3v) is 10.5. The molecule has 0 bridgehead atoms. The van der Waals surface area contributed by atoms with Crippen molar-refractivity contribution < 1.29 is 23.5 Å². The number of halogens is 1. The van der Waals surface area contributed by atoms with Crippen molar-refractivity contribution >= 4 is 51.6 Å². The fourth-order valence-corrected chi connectivity index (χ4v) is 8.21. The molecule has 5 aromatic rings. The normalized spacial score (nSPS) is 14.5. The highest BCUT2D eigenvalue weighted by molar-refractivity contribution is 8.00. The lowest BCUT2D eigenvalue weighted by Gasteiger charge is -2.23. The van der Waals surface area contributed by atoms with Gasteiger partial charge in [0.2, 0.25) is 5.91 Å². The molecule has 9 heteroatoms. The van der Waals surface area contributed by atoms with Crippen molar-refractivity contribution in [2.75, 3.05) is 17.2 Å². The van der Waals surface area contributed by atoms with Gasteiger partial charge in [-0.3, -0.25) is 9.59 Å². The summed E-state index contributed by atoms with van der Waals surface area (Å²) in [4.78, 5) is 42.0. The summed E-state index contributed by atoms with van der Waals surface area (Å²) in [6.07, 6.45) is 2.41. The zero-order valence-corrected chi connectivity index (χ0v) is 27.3. The average Bonchev–Trinajstić information content (AvgIpc) is 3.45. The van der Waals surface area contributed by atoms with Crippen molar-refractivity contribution in [1.82, 2.24) is 0 Å². The third-order valence-electron chi connectivity index (χ3n) is 8.06. The van der Waals surface area contributed by atoms with Gasteiger partial charge in [-0.25, -0.2) is 9.18 Å². The first-order chi connectivity index (χ1) is 22.9. The predicted octanol–water partition coefficient (Wildman–Crippen LogP) is 9.06. The van der Waals surface area contributed by atoms with Crippen LogP contribution in [-0.4, -0.2) is 24.4 Å². The molecule has 2 atom stereocenters. The Morgan fingerprint density at radius 3 is 2.38 bits per heavy atom. The van der Waals surface area contributed by atoms with E-state index < -0.39 is 22.9 Å². The second kappa shape index (κ2) is 14.8. The van der Waals surface area contributed by atoms with Gasteiger partial charge in [0.1, 0.15) is 16.1 Å². The number of benzene rings is 4. The molecule has 0 spiro atoms. The van der Waals surface area contributed by atoms with Gasteiger partial charge in [-0.05, 0) is 79.1 Å². The van der Waals surface area contributed by atoms with Crippen molar-refractivity contribution in [3.8, 4) is 0 Å². The lowest BCUT2D eigenvalue weighted by Crippen LogP contribution is -2.20. The fraction of sp³-hybridized carbons (Fsp3) is 0.184. The predicted molar refractivity (Wildman–Crippen MR) is 186 cm³/mol. The first-order valence-electron chi connectivity index (χ1n) is 15.5. The Kier molecular flexibility index (Phi) is 10.1. The lowest BCUT2D eigenvalue weighted by atomic mass is 9.83. The lowest BCUT2D eigenvalue weighted by molar-refractivity contribution is -0.115. The topological polar surface area (TPSA) is 84.5 Å². The number of rotatable bonds is 10. The summed E-state index contributed by atoms with van der Waals surface area (Å²) < 4.78 is 19.7. The summed E-state index contributed by atoms with van der Waals surface area (Å²) in [6, 6.07) is 32.7. The van der Waals surface area contributed by atoms with Gasteiger partial charge in [0.25, 0.3) is 5.91 Å². The van der Waals surface area contributed by atoms with E-state index in [0.29, 0.717) is 22.2 Å². The number of esters is 1. The molecule has 2 amide bonds. The maximum Gasteiger partial charge on any atom is 0.341 e. The van der Waals surface area contributed by atoms with Gasteiger partial charge in [-0.2, -0.15) is 0 Å². The number of hydrogen-bond donors (Lipinski definition) is 2. The minimum Gasteiger partial charge on any atom is -0.462 e. The number of thioether (sulfide) groups is 1. The number of carbonyl (C=O) groups is 3. The van der Waals surface area contributed by atoms with Crippen LogP contribution in [-0.2, 0) is 22.4 Å². The van der Waals surface area contributed by atoms with Crippen LogP contribution in [0.25, 0.3) is 0 Å². The van der Waals surface area contributed by atoms with E-state index in [1.807, 2.05) is 54.6 Å². The van der Waals surface area contributed by atoms with Crippen LogP contribution in [0.1, 0.15) is 66.8 Å². The molecule has 4 aromatic carbocycles. The monoisotopic (exact) mass is 664 g/mol. The van der Waals surface area contributed by atoms with Gasteiger partial charge >= 0.3 is 5.97 Å². The van der Waals surface area contributed by atoms with Crippen molar-refractivity contribution in [2.45, 2.75) is 42.2 Å². The standard InChI is InChI=1S/C38H33FN2O4S2/c1-2-45-38(44)33-30-21-20-26(24-12-5-3-6-13-24)22-32(30)47-37(33)41-36(43)34(25-14-7-4-8-15-25)46-28-17-11-16-27(23-28)40-35(42)29-18-9-10-19-31(29)39/h3-19,23,26,34H,2,20-22H2,1H3,(H,40,42)(H,41,43). The Morgan fingerprint density at radius 1 is 0.915 bits per heavy atom. The molecular formula is C38H33FN2O4S2. The minimum absolute atomic E-state index is 0.0572. The first kappa shape index (κ1) is 32.2. The zero-order chi connectivity index (χ0) is 32.8. The molecule has 6 rings (SSSR count). The molecule has 0 fully saturated rings. The summed E-state index contributed by atoms with van der Waals surface area (Å²) in [5.41, 5.74) is 3.86. The van der Waals surface area contributed by atoms with E-state index in [-0.39, 0.29) is 18.1 Å². The molecule has 0 radical (unpaired) electrons. The van der Waals surface area contributed by atoms with Crippen LogP contribution in [0.15, 0.2) is 114 Å². The van der Waals surface area contributed by atoms with E-state index in [1.165, 1.54) is 46.9 Å². The molecule has 6 nitrogen and oxygen atoms in total. The molecule has 0 aliphatic heterocycles. The van der Waals surface area contributed by atoms with Crippen molar-refractivity contribution in [1.29, 1.82) is 0 Å². The molecule has 2 N–H and O–H groups in total. The quantitative estimate of drug-likeness (QED) is 0.115. The summed E-state index contributed by atoms with van der Waals surface area (Å²) >= 11 is 2.77. The number of carbonyl (C=O) groups excluding carboxylic acids is 3. The first-order valence-corrected chi connectivity index (χ1v) is 17.2. The summed E-state index contributed by atoms with van der Waals surface area (Å²) in [5.74, 6) is -1.55. The molecule has 0 saturated heterocycles. The van der Waals surface area contributed by atoms with Crippen molar-refractivity contribution in [3.05, 3.63) is 148 Å². The average molecular weight is 665 g/mol. The number of ether oxygens (including phenoxy) is 1. The highest BCUT2D eigenvalue weighted by Gasteiger charge is 2.32. The molecule has 1 heterocycles. The van der Waals surface area contributed by atoms with Gasteiger partial charge in [0.15, 0.2) is 0 Å². The number of hydrogen-bond acceptors (Lipinski definition) is 6. The Morgan fingerprint density at radius 2 is 1.64 bits per heavy atom. The number of fused-ring (bicyclic) bond motifs is 1. The Labute approximate surface area is 281 Å². The van der Waals surface area contributed by atoms with E-state index in [1.54, 1.807) is 31.2 Å². The second-order valence-corrected chi connectivity index (χ2v) is 13.4. The number of thiophene rings is 1. The van der Waals surface area contributed by atoms with Crippen LogP contribution in [0.4, 0.5) is 15.1 Å². The third kappa shape index (κ3) is 7.48. The highest BCUT2D eigenvalue weighted by atomic mass is 32.2. The zero-order valence-electron chi connectivity index (χ0n) is 25.7. The van der Waals surface area contributed by atoms with E-state index >= 15 is 0 Å². The van der Waals surface area contributed by atoms with Crippen LogP contribution in [0.2, 0.25) is 0 Å². The fourth-order valence-electron chi connectivity index (χ4n) is 5.81. The summed E-state index contributed by atoms with van der Waals surface area (Å²) in [6.45, 7) is 2.01. The SMILES string of the molecule is CCOC(=O)c1c(NC(=O)C(Sc2cccc(NC(=O)c3ccccc3F)c2)c2ccccc2)sc2c1CCC(c1ccccc1)C2. The van der Waals surface area contributed by atoms with E-state index in [2.05, 4.69) is 22.8 Å². The van der Waals surface area contributed by atoms with Gasteiger partial charge in [-0.1, -0.05) is 78.9 Å². The molecule has 1 aromatic heterocycles. The van der Waals surface area contributed by atoms with Crippen molar-refractivity contribution in [2.24, 2.45) is 0 Å². The molecule has 238 valence electrons. The van der Waals surface area contributed by atoms with E-state index in [9.17, 15) is 18.8 Å². The summed E-state index contributed by atoms with van der Waals surface area (Å²) in [5, 5.41) is 5.67. The molecular weight excluding hydrogens is 632 g/mol. The van der Waals surface area contributed by atoms with Gasteiger partial charge in [-0.15, -0.1) is 23.1 Å². The highest BCUT2D eigenvalue weighted by Crippen LogP contribution is 2.44. The van der Waals surface area contributed by atoms with Crippen LogP contribution in [0.5, 0.6) is 0 Å². The Hall–Kier alpha value is -4.73. The van der Waals surface area contributed by atoms with Crippen LogP contribution < -0.4 is 10.6 Å². The van der Waals surface area contributed by atoms with Crippen molar-refractivity contribution in [3.63, 3.8) is 0 Å². The maximum atomic E-state index is 14.2. The van der Waals surface area contributed by atoms with Gasteiger partial charge in [0.05, 0.1) is 17.7 Å². The molecule has 1 aliphatic rings. The number of nitrogens with one attached hydrogen (secondary N) is 2. The van der Waals surface area contributed by atoms with Gasteiger partial charge < -0.3 is 15.4 Å². The Bertz CT molecular complexity index is 1890. The Balaban J connectivity index is 1.27. The maximum absolute atomic E-state index is 14.2. The van der Waals surface area contributed by atoms with Crippen LogP contribution in [0, 0.1) is 5.82 Å². The minimum atomic E-state index is -0.681. The number of amides is 2. The van der Waals surface area contributed by atoms with Crippen LogP contribution in [0.3, 0.4) is 0 Å². The molecule has 2 unspecified atom stereocenters. The molecule has 0 saturated carbocycles. The van der Waals surface area contributed by atoms with Gasteiger partial charge in [0, 0.05) is 15.5 Å².